The van der Waals surface area contributed by atoms with E-state index < -0.39 is 11.5 Å². The Kier molecular flexibility index (Phi) is 4.37. The van der Waals surface area contributed by atoms with E-state index in [1.165, 1.54) is 6.92 Å². The van der Waals surface area contributed by atoms with E-state index in [1.54, 1.807) is 24.3 Å². The van der Waals surface area contributed by atoms with Gasteiger partial charge in [0.15, 0.2) is 5.78 Å². The first-order valence-corrected chi connectivity index (χ1v) is 6.82. The number of amides is 1. The molecule has 0 heterocycles. The monoisotopic (exact) mass is 290 g/mol. The topological polar surface area (TPSA) is 95.5 Å². The predicted octanol–water partition coefficient (Wildman–Crippen LogP) is 1.42. The number of Topliss-reactive ketones (excluding diaryl/α,β-unsaturated/α-hetero) is 1. The van der Waals surface area contributed by atoms with Gasteiger partial charge in [-0.2, -0.15) is 0 Å². The van der Waals surface area contributed by atoms with Crippen LogP contribution >= 0.6 is 0 Å². The third-order valence-electron chi connectivity index (χ3n) is 3.76. The van der Waals surface area contributed by atoms with E-state index in [1.807, 2.05) is 0 Å². The Morgan fingerprint density at radius 2 is 2.00 bits per heavy atom. The molecule has 1 fully saturated rings. The normalized spacial score (nSPS) is 15.9. The van der Waals surface area contributed by atoms with Crippen LogP contribution in [-0.2, 0) is 9.59 Å². The van der Waals surface area contributed by atoms with Crippen LogP contribution in [0.1, 0.15) is 36.5 Å². The Labute approximate surface area is 122 Å². The van der Waals surface area contributed by atoms with Gasteiger partial charge in [0, 0.05) is 11.3 Å². The van der Waals surface area contributed by atoms with Crippen molar-refractivity contribution in [3.8, 4) is 0 Å². The Morgan fingerprint density at radius 3 is 2.52 bits per heavy atom. The summed E-state index contributed by atoms with van der Waals surface area (Å²) in [5.41, 5.74) is 0.0766. The standard InChI is InChI=1S/C15H18N2O4/c1-10(18)11-4-2-5-12(8-11)17-13(19)9-16-15(14(20)21)6-3-7-15/h2,4-5,8,16H,3,6-7,9H2,1H3,(H,17,19)(H,20,21). The highest BCUT2D eigenvalue weighted by molar-refractivity contribution is 5.97. The summed E-state index contributed by atoms with van der Waals surface area (Å²) in [5, 5.41) is 14.6. The largest absolute Gasteiger partial charge is 0.480 e. The summed E-state index contributed by atoms with van der Waals surface area (Å²) >= 11 is 0. The highest BCUT2D eigenvalue weighted by Gasteiger charge is 2.44. The molecule has 21 heavy (non-hydrogen) atoms. The van der Waals surface area contributed by atoms with Gasteiger partial charge in [0.25, 0.3) is 0 Å². The molecule has 3 N–H and O–H groups in total. The molecule has 0 bridgehead atoms. The Balaban J connectivity index is 1.91. The SMILES string of the molecule is CC(=O)c1cccc(NC(=O)CNC2(C(=O)O)CCC2)c1. The van der Waals surface area contributed by atoms with Crippen LogP contribution in [0.2, 0.25) is 0 Å². The van der Waals surface area contributed by atoms with Crippen molar-refractivity contribution >= 4 is 23.3 Å². The van der Waals surface area contributed by atoms with Crippen LogP contribution in [0.4, 0.5) is 5.69 Å². The molecule has 0 spiro atoms. The fraction of sp³-hybridized carbons (Fsp3) is 0.400. The number of nitrogens with one attached hydrogen (secondary N) is 2. The van der Waals surface area contributed by atoms with Crippen LogP contribution in [0.3, 0.4) is 0 Å². The zero-order chi connectivity index (χ0) is 15.5. The molecule has 1 saturated carbocycles. The summed E-state index contributed by atoms with van der Waals surface area (Å²) in [5.74, 6) is -1.33. The molecule has 0 aromatic heterocycles. The highest BCUT2D eigenvalue weighted by atomic mass is 16.4. The van der Waals surface area contributed by atoms with Gasteiger partial charge in [-0.3, -0.25) is 19.7 Å². The second-order valence-corrected chi connectivity index (χ2v) is 5.28. The van der Waals surface area contributed by atoms with Gasteiger partial charge in [-0.1, -0.05) is 12.1 Å². The predicted molar refractivity (Wildman–Crippen MR) is 77.3 cm³/mol. The van der Waals surface area contributed by atoms with E-state index in [9.17, 15) is 14.4 Å². The zero-order valence-electron chi connectivity index (χ0n) is 11.8. The van der Waals surface area contributed by atoms with Crippen LogP contribution in [0, 0.1) is 0 Å². The first-order chi connectivity index (χ1) is 9.93. The van der Waals surface area contributed by atoms with Crippen LogP contribution in [0.15, 0.2) is 24.3 Å². The smallest absolute Gasteiger partial charge is 0.323 e. The number of ketones is 1. The molecule has 112 valence electrons. The first kappa shape index (κ1) is 15.2. The van der Waals surface area contributed by atoms with Gasteiger partial charge < -0.3 is 10.4 Å². The van der Waals surface area contributed by atoms with E-state index in [-0.39, 0.29) is 18.2 Å². The van der Waals surface area contributed by atoms with Gasteiger partial charge in [0.05, 0.1) is 6.54 Å². The van der Waals surface area contributed by atoms with E-state index in [0.29, 0.717) is 24.1 Å². The minimum Gasteiger partial charge on any atom is -0.480 e. The number of carbonyl (C=O) groups is 3. The fourth-order valence-electron chi connectivity index (χ4n) is 2.27. The third-order valence-corrected chi connectivity index (χ3v) is 3.76. The van der Waals surface area contributed by atoms with E-state index >= 15 is 0 Å². The third kappa shape index (κ3) is 3.46. The fourth-order valence-corrected chi connectivity index (χ4v) is 2.27. The van der Waals surface area contributed by atoms with Crippen LogP contribution in [-0.4, -0.2) is 34.8 Å². The van der Waals surface area contributed by atoms with Gasteiger partial charge in [-0.15, -0.1) is 0 Å². The summed E-state index contributed by atoms with van der Waals surface area (Å²) in [4.78, 5) is 34.3. The molecule has 0 saturated heterocycles. The molecule has 1 aliphatic rings. The second kappa shape index (κ2) is 6.05. The van der Waals surface area contributed by atoms with Crippen molar-refractivity contribution in [2.75, 3.05) is 11.9 Å². The van der Waals surface area contributed by atoms with Crippen molar-refractivity contribution < 1.29 is 19.5 Å². The number of carbonyl (C=O) groups excluding carboxylic acids is 2. The van der Waals surface area contributed by atoms with E-state index in [4.69, 9.17) is 5.11 Å². The molecule has 1 aromatic carbocycles. The summed E-state index contributed by atoms with van der Waals surface area (Å²) in [6.45, 7) is 1.38. The second-order valence-electron chi connectivity index (χ2n) is 5.28. The number of benzene rings is 1. The lowest BCUT2D eigenvalue weighted by molar-refractivity contribution is -0.148. The summed E-state index contributed by atoms with van der Waals surface area (Å²) < 4.78 is 0. The minimum absolute atomic E-state index is 0.0728. The lowest BCUT2D eigenvalue weighted by Crippen LogP contribution is -2.58. The number of carboxylic acids is 1. The molecule has 6 heteroatoms. The molecule has 0 unspecified atom stereocenters. The maximum Gasteiger partial charge on any atom is 0.323 e. The number of hydrogen-bond acceptors (Lipinski definition) is 4. The van der Waals surface area contributed by atoms with Crippen LogP contribution in [0.25, 0.3) is 0 Å². The zero-order valence-corrected chi connectivity index (χ0v) is 11.8. The van der Waals surface area contributed by atoms with Crippen molar-refractivity contribution in [3.05, 3.63) is 29.8 Å². The summed E-state index contributed by atoms with van der Waals surface area (Å²) in [6, 6.07) is 6.63. The molecular formula is C15H18N2O4. The highest BCUT2D eigenvalue weighted by Crippen LogP contribution is 2.31. The van der Waals surface area contributed by atoms with Crippen molar-refractivity contribution in [1.29, 1.82) is 0 Å². The molecule has 1 aromatic rings. The molecule has 0 radical (unpaired) electrons. The Hall–Kier alpha value is -2.21. The Bertz CT molecular complexity index is 579. The number of carboxylic acid groups (broad SMARTS) is 1. The minimum atomic E-state index is -0.960. The van der Waals surface area contributed by atoms with Crippen LogP contribution in [0.5, 0.6) is 0 Å². The van der Waals surface area contributed by atoms with Gasteiger partial charge in [-0.05, 0) is 38.3 Å². The van der Waals surface area contributed by atoms with E-state index in [2.05, 4.69) is 10.6 Å². The van der Waals surface area contributed by atoms with Gasteiger partial charge in [-0.25, -0.2) is 0 Å². The molecule has 6 nitrogen and oxygen atoms in total. The van der Waals surface area contributed by atoms with Gasteiger partial charge in [0.1, 0.15) is 5.54 Å². The maximum atomic E-state index is 11.9. The maximum absolute atomic E-state index is 11.9. The molecule has 2 rings (SSSR count). The van der Waals surface area contributed by atoms with E-state index in [0.717, 1.165) is 6.42 Å². The molecule has 1 amide bonds. The average molecular weight is 290 g/mol. The lowest BCUT2D eigenvalue weighted by Gasteiger charge is -2.38. The van der Waals surface area contributed by atoms with Crippen molar-refractivity contribution in [2.24, 2.45) is 0 Å². The quantitative estimate of drug-likeness (QED) is 0.689. The molecule has 0 atom stereocenters. The van der Waals surface area contributed by atoms with Gasteiger partial charge >= 0.3 is 5.97 Å². The number of anilines is 1. The summed E-state index contributed by atoms with van der Waals surface area (Å²) in [6.07, 6.45) is 1.92. The van der Waals surface area contributed by atoms with Crippen molar-refractivity contribution in [3.63, 3.8) is 0 Å². The number of aliphatic carboxylic acids is 1. The molecule has 0 aliphatic heterocycles. The lowest BCUT2D eigenvalue weighted by atomic mass is 9.77. The number of rotatable bonds is 6. The van der Waals surface area contributed by atoms with Gasteiger partial charge in [0.2, 0.25) is 5.91 Å². The van der Waals surface area contributed by atoms with Crippen molar-refractivity contribution in [2.45, 2.75) is 31.7 Å². The molecule has 1 aliphatic carbocycles. The van der Waals surface area contributed by atoms with Crippen molar-refractivity contribution in [1.82, 2.24) is 5.32 Å². The first-order valence-electron chi connectivity index (χ1n) is 6.82. The molecular weight excluding hydrogens is 272 g/mol. The Morgan fingerprint density at radius 1 is 1.29 bits per heavy atom. The number of hydrogen-bond donors (Lipinski definition) is 3. The summed E-state index contributed by atoms with van der Waals surface area (Å²) in [7, 11) is 0. The van der Waals surface area contributed by atoms with Crippen LogP contribution < -0.4 is 10.6 Å². The average Bonchev–Trinajstić information content (AvgIpc) is 2.37.